The minimum absolute atomic E-state index is 0.0282. The minimum atomic E-state index is -1.56. The Morgan fingerprint density at radius 2 is 1.36 bits per heavy atom. The van der Waals surface area contributed by atoms with E-state index in [2.05, 4.69) is 0 Å². The Morgan fingerprint density at radius 1 is 0.909 bits per heavy atom. The summed E-state index contributed by atoms with van der Waals surface area (Å²) in [5.41, 5.74) is 0. The molecule has 22 heavy (non-hydrogen) atoms. The monoisotopic (exact) mass is 320 g/mol. The van der Waals surface area contributed by atoms with E-state index in [4.69, 9.17) is 23.7 Å². The lowest BCUT2D eigenvalue weighted by Crippen LogP contribution is -2.62. The van der Waals surface area contributed by atoms with Crippen molar-refractivity contribution < 1.29 is 43.2 Å². The first-order chi connectivity index (χ1) is 10.3. The highest BCUT2D eigenvalue weighted by molar-refractivity contribution is 5.68. The predicted octanol–water partition coefficient (Wildman–Crippen LogP) is -0.855. The van der Waals surface area contributed by atoms with Crippen LogP contribution < -0.4 is 0 Å². The second kappa shape index (κ2) is 8.06. The Bertz CT molecular complexity index is 422. The van der Waals surface area contributed by atoms with Gasteiger partial charge >= 0.3 is 17.9 Å². The van der Waals surface area contributed by atoms with Crippen LogP contribution in [-0.2, 0) is 38.1 Å². The lowest BCUT2D eigenvalue weighted by Gasteiger charge is -2.42. The molecule has 1 aliphatic heterocycles. The van der Waals surface area contributed by atoms with E-state index in [9.17, 15) is 19.5 Å². The lowest BCUT2D eigenvalue weighted by atomic mass is 9.98. The topological polar surface area (TPSA) is 118 Å². The maximum Gasteiger partial charge on any atom is 0.303 e. The summed E-state index contributed by atoms with van der Waals surface area (Å²) in [6.07, 6.45) is -6.07. The molecule has 1 fully saturated rings. The van der Waals surface area contributed by atoms with Crippen LogP contribution in [0.5, 0.6) is 0 Å². The molecule has 9 heteroatoms. The summed E-state index contributed by atoms with van der Waals surface area (Å²) >= 11 is 0. The van der Waals surface area contributed by atoms with E-state index >= 15 is 0 Å². The van der Waals surface area contributed by atoms with E-state index in [0.29, 0.717) is 0 Å². The normalized spacial score (nSPS) is 31.2. The number of rotatable bonds is 5. The first kappa shape index (κ1) is 18.3. The predicted molar refractivity (Wildman–Crippen MR) is 69.4 cm³/mol. The van der Waals surface area contributed by atoms with Gasteiger partial charge in [-0.15, -0.1) is 0 Å². The molecule has 0 spiro atoms. The van der Waals surface area contributed by atoms with Crippen molar-refractivity contribution in [1.82, 2.24) is 0 Å². The molecule has 9 nitrogen and oxygen atoms in total. The summed E-state index contributed by atoms with van der Waals surface area (Å²) in [6, 6.07) is 0. The van der Waals surface area contributed by atoms with Crippen LogP contribution in [0.1, 0.15) is 20.8 Å². The van der Waals surface area contributed by atoms with Crippen LogP contribution in [0.15, 0.2) is 0 Å². The molecule has 0 aromatic rings. The molecule has 1 saturated heterocycles. The summed E-state index contributed by atoms with van der Waals surface area (Å²) in [5, 5.41) is 9.96. The molecule has 0 aromatic heterocycles. The van der Waals surface area contributed by atoms with Crippen LogP contribution in [-0.4, -0.2) is 67.4 Å². The number of carbonyl (C=O) groups excluding carboxylic acids is 3. The molecular formula is C13H20O9. The number of hydrogen-bond acceptors (Lipinski definition) is 9. The van der Waals surface area contributed by atoms with E-state index in [1.165, 1.54) is 14.0 Å². The molecule has 0 amide bonds. The number of aliphatic hydroxyl groups is 1. The van der Waals surface area contributed by atoms with Gasteiger partial charge < -0.3 is 28.8 Å². The molecule has 126 valence electrons. The second-order valence-corrected chi connectivity index (χ2v) is 4.74. The Balaban J connectivity index is 3.09. The third-order valence-electron chi connectivity index (χ3n) is 2.85. The van der Waals surface area contributed by atoms with Crippen LogP contribution in [0.4, 0.5) is 0 Å². The highest BCUT2D eigenvalue weighted by Gasteiger charge is 2.51. The van der Waals surface area contributed by atoms with Crippen molar-refractivity contribution in [2.75, 3.05) is 13.7 Å². The van der Waals surface area contributed by atoms with Crippen molar-refractivity contribution in [2.45, 2.75) is 51.5 Å². The highest BCUT2D eigenvalue weighted by Crippen LogP contribution is 2.27. The Morgan fingerprint density at radius 3 is 1.82 bits per heavy atom. The number of carbonyl (C=O) groups is 3. The van der Waals surface area contributed by atoms with Crippen LogP contribution in [0.3, 0.4) is 0 Å². The Kier molecular flexibility index (Phi) is 6.72. The van der Waals surface area contributed by atoms with Crippen LogP contribution >= 0.6 is 0 Å². The molecular weight excluding hydrogens is 300 g/mol. The van der Waals surface area contributed by atoms with Gasteiger partial charge in [0.15, 0.2) is 24.6 Å². The fourth-order valence-electron chi connectivity index (χ4n) is 2.17. The summed E-state index contributed by atoms with van der Waals surface area (Å²) in [7, 11) is 1.39. The SMILES string of the molecule is COC[C@H]1O[C@H](O)[C@H](OC(C)=O)[C@@H](OC(C)=O)[C@@H]1OC(C)=O. The first-order valence-corrected chi connectivity index (χ1v) is 6.60. The standard InChI is InChI=1S/C13H20O9/c1-6(14)19-10-9(5-18-4)22-13(17)12(21-8(3)16)11(10)20-7(2)15/h9-13,17H,5H2,1-4H3/t9-,10-,11+,12-,13+/m1/s1. The summed E-state index contributed by atoms with van der Waals surface area (Å²) in [6.45, 7) is 3.41. The van der Waals surface area contributed by atoms with Crippen LogP contribution in [0, 0.1) is 0 Å². The number of hydrogen-bond donors (Lipinski definition) is 1. The summed E-state index contributed by atoms with van der Waals surface area (Å²) < 4.78 is 25.3. The second-order valence-electron chi connectivity index (χ2n) is 4.74. The zero-order chi connectivity index (χ0) is 16.9. The first-order valence-electron chi connectivity index (χ1n) is 6.60. The maximum atomic E-state index is 11.3. The van der Waals surface area contributed by atoms with Gasteiger partial charge in [0, 0.05) is 27.9 Å². The van der Waals surface area contributed by atoms with Gasteiger partial charge in [0.25, 0.3) is 0 Å². The summed E-state index contributed by atoms with van der Waals surface area (Å²) in [4.78, 5) is 33.7. The number of aliphatic hydroxyl groups excluding tert-OH is 1. The average Bonchev–Trinajstić information content (AvgIpc) is 2.37. The average molecular weight is 320 g/mol. The molecule has 5 atom stereocenters. The van der Waals surface area contributed by atoms with Gasteiger partial charge in [-0.1, -0.05) is 0 Å². The molecule has 1 rings (SSSR count). The molecule has 1 N–H and O–H groups in total. The summed E-state index contributed by atoms with van der Waals surface area (Å²) in [5.74, 6) is -2.05. The highest BCUT2D eigenvalue weighted by atomic mass is 16.7. The van der Waals surface area contributed by atoms with Crippen LogP contribution in [0.25, 0.3) is 0 Å². The largest absolute Gasteiger partial charge is 0.456 e. The Hall–Kier alpha value is -1.71. The molecule has 0 radical (unpaired) electrons. The van der Waals surface area contributed by atoms with Gasteiger partial charge in [0.2, 0.25) is 0 Å². The lowest BCUT2D eigenvalue weighted by molar-refractivity contribution is -0.296. The van der Waals surface area contributed by atoms with Gasteiger partial charge in [0.1, 0.15) is 6.10 Å². The quantitative estimate of drug-likeness (QED) is 0.510. The number of esters is 3. The zero-order valence-electron chi connectivity index (χ0n) is 12.8. The van der Waals surface area contributed by atoms with Crippen molar-refractivity contribution in [2.24, 2.45) is 0 Å². The molecule has 0 aliphatic carbocycles. The third kappa shape index (κ3) is 4.93. The van der Waals surface area contributed by atoms with Gasteiger partial charge in [-0.25, -0.2) is 0 Å². The van der Waals surface area contributed by atoms with E-state index in [0.717, 1.165) is 13.8 Å². The van der Waals surface area contributed by atoms with Crippen molar-refractivity contribution >= 4 is 17.9 Å². The van der Waals surface area contributed by atoms with Crippen molar-refractivity contribution in [3.05, 3.63) is 0 Å². The van der Waals surface area contributed by atoms with Gasteiger partial charge in [0.05, 0.1) is 6.61 Å². The van der Waals surface area contributed by atoms with E-state index < -0.39 is 48.6 Å². The van der Waals surface area contributed by atoms with Crippen molar-refractivity contribution in [3.8, 4) is 0 Å². The van der Waals surface area contributed by atoms with Crippen LogP contribution in [0.2, 0.25) is 0 Å². The molecule has 1 heterocycles. The number of methoxy groups -OCH3 is 1. The van der Waals surface area contributed by atoms with Crippen molar-refractivity contribution in [1.29, 1.82) is 0 Å². The smallest absolute Gasteiger partial charge is 0.303 e. The van der Waals surface area contributed by atoms with E-state index in [-0.39, 0.29) is 6.61 Å². The van der Waals surface area contributed by atoms with E-state index in [1.54, 1.807) is 0 Å². The van der Waals surface area contributed by atoms with Gasteiger partial charge in [-0.2, -0.15) is 0 Å². The molecule has 0 aromatic carbocycles. The zero-order valence-corrected chi connectivity index (χ0v) is 12.8. The maximum absolute atomic E-state index is 11.3. The number of ether oxygens (including phenoxy) is 5. The molecule has 1 aliphatic rings. The molecule has 0 unspecified atom stereocenters. The fraction of sp³-hybridized carbons (Fsp3) is 0.769. The van der Waals surface area contributed by atoms with Gasteiger partial charge in [-0.3, -0.25) is 14.4 Å². The van der Waals surface area contributed by atoms with E-state index in [1.807, 2.05) is 0 Å². The minimum Gasteiger partial charge on any atom is -0.456 e. The van der Waals surface area contributed by atoms with Crippen molar-refractivity contribution in [3.63, 3.8) is 0 Å². The van der Waals surface area contributed by atoms with Gasteiger partial charge in [-0.05, 0) is 0 Å². The Labute approximate surface area is 127 Å². The molecule has 0 saturated carbocycles. The molecule has 0 bridgehead atoms. The third-order valence-corrected chi connectivity index (χ3v) is 2.85. The fourth-order valence-corrected chi connectivity index (χ4v) is 2.17.